The van der Waals surface area contributed by atoms with Gasteiger partial charge in [-0.2, -0.15) is 0 Å². The van der Waals surface area contributed by atoms with Crippen molar-refractivity contribution < 1.29 is 0 Å². The van der Waals surface area contributed by atoms with Gasteiger partial charge in [-0.15, -0.1) is 0 Å². The maximum Gasteiger partial charge on any atom is 0.0972 e. The van der Waals surface area contributed by atoms with Gasteiger partial charge in [0.2, 0.25) is 0 Å². The molecule has 0 saturated heterocycles. The van der Waals surface area contributed by atoms with Crippen LogP contribution in [0.4, 0.5) is 0 Å². The van der Waals surface area contributed by atoms with Crippen molar-refractivity contribution in [1.29, 1.82) is 0 Å². The van der Waals surface area contributed by atoms with Crippen LogP contribution in [-0.4, -0.2) is 19.1 Å². The first-order valence-electron chi connectivity index (χ1n) is 23.1. The third kappa shape index (κ3) is 6.61. The molecule has 68 heavy (non-hydrogen) atoms. The molecule has 0 N–H and O–H groups in total. The van der Waals surface area contributed by atoms with Gasteiger partial charge in [0, 0.05) is 33.9 Å². The van der Waals surface area contributed by atoms with E-state index in [1.54, 1.807) is 0 Å². The first kappa shape index (κ1) is 39.3. The summed E-state index contributed by atoms with van der Waals surface area (Å²) in [5.74, 6) is 0. The Bertz CT molecular complexity index is 3870. The number of hydrogen-bond donors (Lipinski definition) is 0. The van der Waals surface area contributed by atoms with Crippen molar-refractivity contribution in [1.82, 2.24) is 19.1 Å². The lowest BCUT2D eigenvalue weighted by atomic mass is 9.86. The van der Waals surface area contributed by atoms with Gasteiger partial charge in [-0.3, -0.25) is 4.98 Å². The van der Waals surface area contributed by atoms with E-state index in [1.807, 2.05) is 12.3 Å². The molecule has 13 rings (SSSR count). The van der Waals surface area contributed by atoms with E-state index >= 15 is 0 Å². The van der Waals surface area contributed by atoms with Crippen LogP contribution in [0.15, 0.2) is 255 Å². The summed E-state index contributed by atoms with van der Waals surface area (Å²) in [6, 6.07) is 89.5. The summed E-state index contributed by atoms with van der Waals surface area (Å²) in [7, 11) is 0. The number of rotatable bonds is 8. The standard InChI is InChI=1S/C64H42N4/c1-6-17-43(18-7-1)57-36-37-58(44-19-8-2-9-20-44)67(57)50-32-34-53-54(41-50)61(47-25-14-5-15-26-47)52-33-31-51(68-59(45-21-10-3-11-22-45)38-39-60(68)46-23-12-4-13-24-46)42-55(52)62(53)56-35-30-49-29-28-48-27-16-40-65-63(48)64(49)66-56/h1-42H. The maximum atomic E-state index is 5.60. The number of fused-ring (bicyclic) bond motifs is 5. The highest BCUT2D eigenvalue weighted by molar-refractivity contribution is 6.22. The van der Waals surface area contributed by atoms with Gasteiger partial charge in [0.05, 0.1) is 39.5 Å². The third-order valence-corrected chi connectivity index (χ3v) is 13.4. The van der Waals surface area contributed by atoms with E-state index in [0.29, 0.717) is 0 Å². The monoisotopic (exact) mass is 866 g/mol. The molecule has 4 nitrogen and oxygen atoms in total. The average Bonchev–Trinajstić information content (AvgIpc) is 4.07. The molecule has 0 saturated carbocycles. The summed E-state index contributed by atoms with van der Waals surface area (Å²) in [5, 5.41) is 6.64. The van der Waals surface area contributed by atoms with Gasteiger partial charge in [-0.25, -0.2) is 4.98 Å². The Balaban J connectivity index is 1.15. The predicted molar refractivity (Wildman–Crippen MR) is 283 cm³/mol. The van der Waals surface area contributed by atoms with Crippen molar-refractivity contribution in [2.24, 2.45) is 0 Å². The van der Waals surface area contributed by atoms with Crippen molar-refractivity contribution in [2.45, 2.75) is 0 Å². The van der Waals surface area contributed by atoms with Crippen LogP contribution in [0.3, 0.4) is 0 Å². The fourth-order valence-corrected chi connectivity index (χ4v) is 10.3. The molecule has 0 spiro atoms. The lowest BCUT2D eigenvalue weighted by Crippen LogP contribution is -2.02. The molecular formula is C64H42N4. The van der Waals surface area contributed by atoms with E-state index in [0.717, 1.165) is 117 Å². The van der Waals surface area contributed by atoms with Crippen molar-refractivity contribution >= 4 is 43.4 Å². The summed E-state index contributed by atoms with van der Waals surface area (Å²) < 4.78 is 4.83. The van der Waals surface area contributed by atoms with Crippen molar-refractivity contribution in [3.05, 3.63) is 255 Å². The maximum absolute atomic E-state index is 5.60. The third-order valence-electron chi connectivity index (χ3n) is 13.4. The molecule has 9 aromatic carbocycles. The Morgan fingerprint density at radius 2 is 0.676 bits per heavy atom. The zero-order valence-electron chi connectivity index (χ0n) is 37.0. The van der Waals surface area contributed by atoms with E-state index in [1.165, 1.54) is 5.56 Å². The molecule has 0 aliphatic rings. The zero-order chi connectivity index (χ0) is 45.0. The fourth-order valence-electron chi connectivity index (χ4n) is 10.3. The van der Waals surface area contributed by atoms with Gasteiger partial charge in [0.1, 0.15) is 0 Å². The van der Waals surface area contributed by atoms with E-state index in [-0.39, 0.29) is 0 Å². The largest absolute Gasteiger partial charge is 0.309 e. The smallest absolute Gasteiger partial charge is 0.0972 e. The van der Waals surface area contributed by atoms with Crippen LogP contribution in [0.5, 0.6) is 0 Å². The molecule has 0 radical (unpaired) electrons. The zero-order valence-corrected chi connectivity index (χ0v) is 37.0. The first-order valence-corrected chi connectivity index (χ1v) is 23.1. The lowest BCUT2D eigenvalue weighted by Gasteiger charge is -2.22. The minimum absolute atomic E-state index is 0.886. The van der Waals surface area contributed by atoms with Crippen molar-refractivity contribution in [3.63, 3.8) is 0 Å². The Labute approximate surface area is 394 Å². The van der Waals surface area contributed by atoms with Crippen LogP contribution in [0, 0.1) is 0 Å². The normalized spacial score (nSPS) is 11.5. The number of hydrogen-bond acceptors (Lipinski definition) is 2. The highest BCUT2D eigenvalue weighted by Crippen LogP contribution is 2.47. The van der Waals surface area contributed by atoms with Gasteiger partial charge in [-0.05, 0) is 116 Å². The molecule has 0 fully saturated rings. The summed E-state index contributed by atoms with van der Waals surface area (Å²) in [6.07, 6.45) is 1.86. The van der Waals surface area contributed by atoms with Crippen LogP contribution < -0.4 is 0 Å². The van der Waals surface area contributed by atoms with Crippen LogP contribution >= 0.6 is 0 Å². The van der Waals surface area contributed by atoms with Crippen LogP contribution in [0.2, 0.25) is 0 Å². The lowest BCUT2D eigenvalue weighted by molar-refractivity contribution is 1.10. The molecule has 318 valence electrons. The van der Waals surface area contributed by atoms with Gasteiger partial charge in [0.15, 0.2) is 0 Å². The molecule has 4 heteroatoms. The molecule has 0 aliphatic heterocycles. The van der Waals surface area contributed by atoms with Crippen LogP contribution in [0.25, 0.3) is 122 Å². The average molecular weight is 867 g/mol. The van der Waals surface area contributed by atoms with Gasteiger partial charge < -0.3 is 9.13 Å². The molecule has 0 aliphatic carbocycles. The summed E-state index contributed by atoms with van der Waals surface area (Å²) in [4.78, 5) is 10.5. The predicted octanol–water partition coefficient (Wildman–Crippen LogP) is 16.7. The SMILES string of the molecule is c1ccc(-c2c3cc(-n4c(-c5ccccc5)ccc4-c4ccccc4)ccc3c(-c3ccc4ccc5cccnc5c4n3)c3cc(-n4c(-c5ccccc5)ccc4-c4ccccc4)ccc23)cc1. The minimum atomic E-state index is 0.886. The van der Waals surface area contributed by atoms with E-state index in [4.69, 9.17) is 9.97 Å². The van der Waals surface area contributed by atoms with Gasteiger partial charge in [-0.1, -0.05) is 188 Å². The van der Waals surface area contributed by atoms with E-state index < -0.39 is 0 Å². The Morgan fingerprint density at radius 1 is 0.279 bits per heavy atom. The molecule has 4 aromatic heterocycles. The summed E-state index contributed by atoms with van der Waals surface area (Å²) in [6.45, 7) is 0. The topological polar surface area (TPSA) is 35.6 Å². The Hall–Kier alpha value is -9.12. The van der Waals surface area contributed by atoms with Gasteiger partial charge >= 0.3 is 0 Å². The van der Waals surface area contributed by atoms with Crippen LogP contribution in [0.1, 0.15) is 0 Å². The fraction of sp³-hybridized carbons (Fsp3) is 0. The summed E-state index contributed by atoms with van der Waals surface area (Å²) >= 11 is 0. The summed E-state index contributed by atoms with van der Waals surface area (Å²) in [5.41, 5.74) is 17.3. The van der Waals surface area contributed by atoms with E-state index in [2.05, 4.69) is 252 Å². The number of benzene rings is 9. The second-order valence-electron chi connectivity index (χ2n) is 17.3. The second-order valence-corrected chi connectivity index (χ2v) is 17.3. The molecule has 4 heterocycles. The number of pyridine rings is 2. The Kier molecular flexibility index (Phi) is 9.47. The quantitative estimate of drug-likeness (QED) is 0.113. The number of aromatic nitrogens is 4. The molecule has 0 bridgehead atoms. The van der Waals surface area contributed by atoms with E-state index in [9.17, 15) is 0 Å². The Morgan fingerprint density at radius 3 is 1.15 bits per heavy atom. The molecular weight excluding hydrogens is 825 g/mol. The molecule has 0 atom stereocenters. The molecule has 0 amide bonds. The highest BCUT2D eigenvalue weighted by atomic mass is 15.0. The molecule has 0 unspecified atom stereocenters. The van der Waals surface area contributed by atoms with Gasteiger partial charge in [0.25, 0.3) is 0 Å². The number of nitrogens with zero attached hydrogens (tertiary/aromatic N) is 4. The van der Waals surface area contributed by atoms with Crippen LogP contribution in [-0.2, 0) is 0 Å². The minimum Gasteiger partial charge on any atom is -0.309 e. The first-order chi connectivity index (χ1) is 33.7. The molecule has 13 aromatic rings. The van der Waals surface area contributed by atoms with Crippen molar-refractivity contribution in [3.8, 4) is 78.8 Å². The second kappa shape index (κ2) is 16.4. The van der Waals surface area contributed by atoms with Crippen molar-refractivity contribution in [2.75, 3.05) is 0 Å². The highest BCUT2D eigenvalue weighted by Gasteiger charge is 2.23.